The minimum Gasteiger partial charge on any atom is -0.411 e. The van der Waals surface area contributed by atoms with Crippen LogP contribution in [0.5, 0.6) is 0 Å². The van der Waals surface area contributed by atoms with Crippen LogP contribution in [0.1, 0.15) is 39.3 Å². The van der Waals surface area contributed by atoms with Crippen molar-refractivity contribution in [3.8, 4) is 22.5 Å². The minimum atomic E-state index is -0.273. The summed E-state index contributed by atoms with van der Waals surface area (Å²) < 4.78 is 0. The first kappa shape index (κ1) is 23.4. The Kier molecular flexibility index (Phi) is 6.60. The zero-order chi connectivity index (χ0) is 25.1. The summed E-state index contributed by atoms with van der Waals surface area (Å²) in [5.74, 6) is -0.0233. The number of imidazole rings is 1. The van der Waals surface area contributed by atoms with Gasteiger partial charge in [0.05, 0.1) is 17.1 Å². The number of carbonyl (C=O) groups excluding carboxylic acids is 1. The molecular formula is C28H28N6O2. The van der Waals surface area contributed by atoms with Crippen molar-refractivity contribution in [2.24, 2.45) is 5.16 Å². The average Bonchev–Trinajstić information content (AvgIpc) is 3.52. The summed E-state index contributed by atoms with van der Waals surface area (Å²) in [6.07, 6.45) is 4.94. The number of aromatic nitrogens is 3. The maximum atomic E-state index is 13.1. The molecule has 0 bridgehead atoms. The van der Waals surface area contributed by atoms with Crippen LogP contribution in [0.3, 0.4) is 0 Å². The number of nitrogens with zero attached hydrogens (tertiary/aromatic N) is 4. The highest BCUT2D eigenvalue weighted by atomic mass is 16.4. The van der Waals surface area contributed by atoms with Crippen molar-refractivity contribution in [2.75, 3.05) is 14.1 Å². The number of aryl methyl sites for hydroxylation is 1. The third-order valence-electron chi connectivity index (χ3n) is 6.27. The van der Waals surface area contributed by atoms with Crippen LogP contribution in [0.2, 0.25) is 0 Å². The smallest absolute Gasteiger partial charge is 0.287 e. The minimum absolute atomic E-state index is 0.249. The van der Waals surface area contributed by atoms with Crippen molar-refractivity contribution in [3.63, 3.8) is 0 Å². The fourth-order valence-corrected chi connectivity index (χ4v) is 4.61. The van der Waals surface area contributed by atoms with E-state index >= 15 is 0 Å². The maximum absolute atomic E-state index is 13.1. The molecule has 0 atom stereocenters. The molecule has 8 nitrogen and oxygen atoms in total. The maximum Gasteiger partial charge on any atom is 0.287 e. The van der Waals surface area contributed by atoms with E-state index in [2.05, 4.69) is 43.5 Å². The molecular weight excluding hydrogens is 452 g/mol. The number of aromatic amines is 1. The van der Waals surface area contributed by atoms with E-state index in [9.17, 15) is 10.0 Å². The molecule has 2 heterocycles. The van der Waals surface area contributed by atoms with Gasteiger partial charge in [-0.1, -0.05) is 41.6 Å². The Morgan fingerprint density at radius 2 is 1.86 bits per heavy atom. The molecule has 1 aliphatic rings. The molecule has 5 rings (SSSR count). The first-order chi connectivity index (χ1) is 17.5. The van der Waals surface area contributed by atoms with Crippen LogP contribution in [-0.2, 0) is 19.5 Å². The summed E-state index contributed by atoms with van der Waals surface area (Å²) in [7, 11) is 4.06. The Hall–Kier alpha value is -4.30. The van der Waals surface area contributed by atoms with E-state index in [4.69, 9.17) is 4.98 Å². The summed E-state index contributed by atoms with van der Waals surface area (Å²) in [6.45, 7) is 1.24. The van der Waals surface area contributed by atoms with Crippen molar-refractivity contribution >= 4 is 11.6 Å². The third kappa shape index (κ3) is 4.89. The van der Waals surface area contributed by atoms with Gasteiger partial charge >= 0.3 is 0 Å². The van der Waals surface area contributed by atoms with Gasteiger partial charge in [0.1, 0.15) is 0 Å². The summed E-state index contributed by atoms with van der Waals surface area (Å²) in [4.78, 5) is 27.3. The Morgan fingerprint density at radius 1 is 1.06 bits per heavy atom. The number of rotatable bonds is 7. The zero-order valence-electron chi connectivity index (χ0n) is 20.3. The second-order valence-electron chi connectivity index (χ2n) is 9.20. The molecule has 3 N–H and O–H groups in total. The zero-order valence-corrected chi connectivity index (χ0v) is 20.3. The second kappa shape index (κ2) is 10.1. The van der Waals surface area contributed by atoms with Crippen LogP contribution in [0.15, 0.2) is 72.1 Å². The lowest BCUT2D eigenvalue weighted by molar-refractivity contribution is 0.0941. The topological polar surface area (TPSA) is 106 Å². The molecule has 182 valence electrons. The second-order valence-corrected chi connectivity index (χ2v) is 9.20. The molecule has 0 aliphatic heterocycles. The standard InChI is InChI=1S/C28H28N6O2/c1-34(2)17-19-5-3-4-18(14-19)16-30-28(35)27-31-25(20-10-12-29-13-11-20)26(32-27)22-6-8-23-21(15-22)7-9-24(23)33-36/h3-6,8,10-15,36H,7,9,16-17H2,1-2H3,(H,30,35)(H,31,32)/b33-24+. The summed E-state index contributed by atoms with van der Waals surface area (Å²) >= 11 is 0. The number of H-pyrrole nitrogens is 1. The third-order valence-corrected chi connectivity index (χ3v) is 6.27. The SMILES string of the molecule is CN(C)Cc1cccc(CNC(=O)c2nc(-c3ccc4c(c3)CC/C4=N\O)c(-c3ccncc3)[nH]2)c1. The number of benzene rings is 2. The molecule has 0 spiro atoms. The van der Waals surface area contributed by atoms with Crippen molar-refractivity contribution in [2.45, 2.75) is 25.9 Å². The summed E-state index contributed by atoms with van der Waals surface area (Å²) in [5.41, 5.74) is 8.21. The van der Waals surface area contributed by atoms with Gasteiger partial charge in [0.25, 0.3) is 5.91 Å². The highest BCUT2D eigenvalue weighted by Crippen LogP contribution is 2.33. The molecule has 36 heavy (non-hydrogen) atoms. The van der Waals surface area contributed by atoms with Crippen molar-refractivity contribution in [1.29, 1.82) is 0 Å². The lowest BCUT2D eigenvalue weighted by Gasteiger charge is -2.11. The number of fused-ring (bicyclic) bond motifs is 1. The van der Waals surface area contributed by atoms with Gasteiger partial charge in [-0.15, -0.1) is 0 Å². The van der Waals surface area contributed by atoms with E-state index in [-0.39, 0.29) is 11.7 Å². The van der Waals surface area contributed by atoms with Crippen molar-refractivity contribution in [3.05, 3.63) is 95.1 Å². The Labute approximate surface area is 209 Å². The number of amides is 1. The lowest BCUT2D eigenvalue weighted by atomic mass is 10.0. The van der Waals surface area contributed by atoms with Crippen LogP contribution in [0.25, 0.3) is 22.5 Å². The van der Waals surface area contributed by atoms with Crippen LogP contribution >= 0.6 is 0 Å². The molecule has 0 fully saturated rings. The summed E-state index contributed by atoms with van der Waals surface area (Å²) in [5, 5.41) is 15.7. The van der Waals surface area contributed by atoms with E-state index in [0.717, 1.165) is 46.5 Å². The number of carbonyl (C=O) groups is 1. The van der Waals surface area contributed by atoms with E-state index in [0.29, 0.717) is 24.4 Å². The van der Waals surface area contributed by atoms with E-state index in [1.54, 1.807) is 12.4 Å². The molecule has 1 amide bonds. The molecule has 0 saturated carbocycles. The van der Waals surface area contributed by atoms with Crippen LogP contribution in [0.4, 0.5) is 0 Å². The number of oxime groups is 1. The van der Waals surface area contributed by atoms with Gasteiger partial charge in [-0.2, -0.15) is 0 Å². The average molecular weight is 481 g/mol. The first-order valence-corrected chi connectivity index (χ1v) is 11.9. The molecule has 2 aromatic carbocycles. The van der Waals surface area contributed by atoms with Gasteiger partial charge in [0.2, 0.25) is 0 Å². The van der Waals surface area contributed by atoms with E-state index in [1.807, 2.05) is 50.5 Å². The van der Waals surface area contributed by atoms with Gasteiger partial charge < -0.3 is 20.4 Å². The van der Waals surface area contributed by atoms with Gasteiger partial charge in [-0.25, -0.2) is 4.98 Å². The molecule has 0 unspecified atom stereocenters. The Balaban J connectivity index is 1.43. The molecule has 4 aromatic rings. The van der Waals surface area contributed by atoms with Gasteiger partial charge in [0, 0.05) is 42.2 Å². The van der Waals surface area contributed by atoms with Gasteiger partial charge in [-0.3, -0.25) is 9.78 Å². The largest absolute Gasteiger partial charge is 0.411 e. The first-order valence-electron chi connectivity index (χ1n) is 11.9. The molecule has 1 aliphatic carbocycles. The predicted molar refractivity (Wildman–Crippen MR) is 139 cm³/mol. The molecule has 8 heteroatoms. The van der Waals surface area contributed by atoms with E-state index < -0.39 is 0 Å². The van der Waals surface area contributed by atoms with Crippen LogP contribution < -0.4 is 5.32 Å². The van der Waals surface area contributed by atoms with Crippen molar-refractivity contribution < 1.29 is 10.0 Å². The Bertz CT molecular complexity index is 1430. The fourth-order valence-electron chi connectivity index (χ4n) is 4.61. The lowest BCUT2D eigenvalue weighted by Crippen LogP contribution is -2.24. The quantitative estimate of drug-likeness (QED) is 0.271. The molecule has 0 radical (unpaired) electrons. The van der Waals surface area contributed by atoms with Gasteiger partial charge in [-0.05, 0) is 61.8 Å². The number of hydrogen-bond acceptors (Lipinski definition) is 6. The highest BCUT2D eigenvalue weighted by molar-refractivity contribution is 6.04. The fraction of sp³-hybridized carbons (Fsp3) is 0.214. The number of hydrogen-bond donors (Lipinski definition) is 3. The monoisotopic (exact) mass is 480 g/mol. The normalized spacial score (nSPS) is 13.8. The predicted octanol–water partition coefficient (Wildman–Crippen LogP) is 4.25. The number of pyridine rings is 1. The Morgan fingerprint density at radius 3 is 2.64 bits per heavy atom. The molecule has 2 aromatic heterocycles. The van der Waals surface area contributed by atoms with Gasteiger partial charge in [0.15, 0.2) is 5.82 Å². The van der Waals surface area contributed by atoms with E-state index in [1.165, 1.54) is 5.56 Å². The van der Waals surface area contributed by atoms with Crippen LogP contribution in [-0.4, -0.2) is 50.8 Å². The molecule has 0 saturated heterocycles. The summed E-state index contributed by atoms with van der Waals surface area (Å²) in [6, 6.07) is 17.9. The highest BCUT2D eigenvalue weighted by Gasteiger charge is 2.22. The number of nitrogens with one attached hydrogen (secondary N) is 2. The van der Waals surface area contributed by atoms with Crippen molar-refractivity contribution in [1.82, 2.24) is 25.2 Å². The van der Waals surface area contributed by atoms with Crippen LogP contribution in [0, 0.1) is 0 Å².